The van der Waals surface area contributed by atoms with Crippen LogP contribution in [0.3, 0.4) is 0 Å². The number of thiazole rings is 1. The molecule has 1 unspecified atom stereocenters. The second kappa shape index (κ2) is 12.0. The molecule has 0 spiro atoms. The number of carbonyl (C=O) groups is 1. The minimum Gasteiger partial charge on any atom is -0.465 e. The maximum atomic E-state index is 11.5. The molecule has 2 aliphatic rings. The first-order chi connectivity index (χ1) is 19.6. The summed E-state index contributed by atoms with van der Waals surface area (Å²) in [4.78, 5) is 25.4. The first-order valence-corrected chi connectivity index (χ1v) is 14.1. The van der Waals surface area contributed by atoms with Crippen LogP contribution < -0.4 is 10.6 Å². The lowest BCUT2D eigenvalue weighted by atomic mass is 10.1. The van der Waals surface area contributed by atoms with Gasteiger partial charge in [-0.3, -0.25) is 4.90 Å². The van der Waals surface area contributed by atoms with Crippen LogP contribution in [0.5, 0.6) is 0 Å². The van der Waals surface area contributed by atoms with E-state index in [1.54, 1.807) is 6.20 Å². The minimum atomic E-state index is -0.889. The summed E-state index contributed by atoms with van der Waals surface area (Å²) in [5.74, 6) is 2.21. The van der Waals surface area contributed by atoms with Crippen molar-refractivity contribution in [1.82, 2.24) is 30.0 Å². The maximum absolute atomic E-state index is 11.5. The molecular formula is C27H30N8O4S. The van der Waals surface area contributed by atoms with Gasteiger partial charge >= 0.3 is 6.09 Å². The van der Waals surface area contributed by atoms with Gasteiger partial charge in [0.2, 0.25) is 5.89 Å². The SMILES string of the molecule is O=C(O)N1CCCC(Nc2cc(CN3CCOCC3)cc(Nc3ncc(-c4nnc(-c5ccccc5)o4)s3)n2)C1. The molecule has 1 atom stereocenters. The number of morpholine rings is 1. The molecule has 0 saturated carbocycles. The van der Waals surface area contributed by atoms with E-state index in [-0.39, 0.29) is 6.04 Å². The number of benzene rings is 1. The van der Waals surface area contributed by atoms with Crippen molar-refractivity contribution in [3.8, 4) is 22.2 Å². The highest BCUT2D eigenvalue weighted by Gasteiger charge is 2.24. The molecule has 4 aromatic rings. The van der Waals surface area contributed by atoms with E-state index in [0.717, 1.165) is 61.7 Å². The lowest BCUT2D eigenvalue weighted by molar-refractivity contribution is 0.0342. The highest BCUT2D eigenvalue weighted by Crippen LogP contribution is 2.32. The van der Waals surface area contributed by atoms with E-state index in [2.05, 4.69) is 30.7 Å². The van der Waals surface area contributed by atoms with Gasteiger partial charge in [-0.05, 0) is 42.7 Å². The third-order valence-electron chi connectivity index (χ3n) is 6.84. The van der Waals surface area contributed by atoms with Crippen molar-refractivity contribution in [2.75, 3.05) is 50.0 Å². The smallest absolute Gasteiger partial charge is 0.407 e. The predicted molar refractivity (Wildman–Crippen MR) is 151 cm³/mol. The molecule has 208 valence electrons. The van der Waals surface area contributed by atoms with E-state index < -0.39 is 6.09 Å². The molecule has 2 saturated heterocycles. The third kappa shape index (κ3) is 6.38. The van der Waals surface area contributed by atoms with Gasteiger partial charge in [-0.25, -0.2) is 14.8 Å². The van der Waals surface area contributed by atoms with Crippen LogP contribution in [0.1, 0.15) is 18.4 Å². The number of carboxylic acid groups (broad SMARTS) is 1. The fourth-order valence-electron chi connectivity index (χ4n) is 4.87. The maximum Gasteiger partial charge on any atom is 0.407 e. The first kappa shape index (κ1) is 26.2. The Morgan fingerprint density at radius 3 is 2.70 bits per heavy atom. The Hall–Kier alpha value is -4.07. The number of hydrogen-bond acceptors (Lipinski definition) is 11. The van der Waals surface area contributed by atoms with Gasteiger partial charge in [-0.15, -0.1) is 10.2 Å². The number of pyridine rings is 1. The summed E-state index contributed by atoms with van der Waals surface area (Å²) in [6, 6.07) is 13.7. The summed E-state index contributed by atoms with van der Waals surface area (Å²) in [7, 11) is 0. The van der Waals surface area contributed by atoms with Crippen molar-refractivity contribution in [2.45, 2.75) is 25.4 Å². The van der Waals surface area contributed by atoms with Gasteiger partial charge in [0.15, 0.2) is 5.13 Å². The summed E-state index contributed by atoms with van der Waals surface area (Å²) in [6.07, 6.45) is 2.51. The van der Waals surface area contributed by atoms with Crippen LogP contribution in [0.2, 0.25) is 0 Å². The largest absolute Gasteiger partial charge is 0.465 e. The molecule has 2 aliphatic heterocycles. The van der Waals surface area contributed by atoms with Gasteiger partial charge in [0.05, 0.1) is 19.4 Å². The van der Waals surface area contributed by atoms with Crippen LogP contribution in [0.15, 0.2) is 53.1 Å². The average Bonchev–Trinajstić information content (AvgIpc) is 3.64. The predicted octanol–water partition coefficient (Wildman–Crippen LogP) is 4.39. The second-order valence-corrected chi connectivity index (χ2v) is 10.8. The molecule has 0 radical (unpaired) electrons. The summed E-state index contributed by atoms with van der Waals surface area (Å²) < 4.78 is 11.4. The Morgan fingerprint density at radius 1 is 1.07 bits per heavy atom. The molecule has 6 rings (SSSR count). The lowest BCUT2D eigenvalue weighted by Gasteiger charge is -2.31. The van der Waals surface area contributed by atoms with Gasteiger partial charge in [0.25, 0.3) is 5.89 Å². The van der Waals surface area contributed by atoms with Crippen LogP contribution in [0.4, 0.5) is 21.6 Å². The first-order valence-electron chi connectivity index (χ1n) is 13.3. The van der Waals surface area contributed by atoms with Crippen molar-refractivity contribution in [2.24, 2.45) is 0 Å². The standard InChI is InChI=1S/C27H30N8O4S/c36-27(37)35-8-4-7-20(17-35)29-22-13-18(16-34-9-11-38-12-10-34)14-23(30-22)31-26-28-15-21(40-26)25-33-32-24(39-25)19-5-2-1-3-6-19/h1-3,5-6,13-15,20H,4,7-12,16-17H2,(H,36,37)(H2,28,29,30,31). The Morgan fingerprint density at radius 2 is 1.88 bits per heavy atom. The second-order valence-electron chi connectivity index (χ2n) is 9.78. The van der Waals surface area contributed by atoms with Gasteiger partial charge < -0.3 is 29.8 Å². The van der Waals surface area contributed by atoms with Gasteiger partial charge in [0, 0.05) is 44.3 Å². The molecule has 40 heavy (non-hydrogen) atoms. The number of nitrogens with one attached hydrogen (secondary N) is 2. The van der Waals surface area contributed by atoms with Crippen molar-refractivity contribution in [3.63, 3.8) is 0 Å². The number of hydrogen-bond donors (Lipinski definition) is 3. The molecular weight excluding hydrogens is 532 g/mol. The van der Waals surface area contributed by atoms with Gasteiger partial charge in [-0.2, -0.15) is 0 Å². The normalized spacial score (nSPS) is 18.0. The summed E-state index contributed by atoms with van der Waals surface area (Å²) >= 11 is 1.40. The van der Waals surface area contributed by atoms with E-state index in [1.165, 1.54) is 16.2 Å². The molecule has 1 amide bonds. The van der Waals surface area contributed by atoms with Crippen molar-refractivity contribution < 1.29 is 19.1 Å². The Kier molecular flexibility index (Phi) is 7.84. The van der Waals surface area contributed by atoms with Crippen molar-refractivity contribution in [3.05, 3.63) is 54.2 Å². The van der Waals surface area contributed by atoms with Crippen LogP contribution in [0.25, 0.3) is 22.2 Å². The van der Waals surface area contributed by atoms with Crippen molar-refractivity contribution in [1.29, 1.82) is 0 Å². The molecule has 2 fully saturated rings. The number of amides is 1. The lowest BCUT2D eigenvalue weighted by Crippen LogP contribution is -2.44. The van der Waals surface area contributed by atoms with E-state index >= 15 is 0 Å². The third-order valence-corrected chi connectivity index (χ3v) is 7.74. The summed E-state index contributed by atoms with van der Waals surface area (Å²) in [5.41, 5.74) is 1.95. The molecule has 0 aliphatic carbocycles. The van der Waals surface area contributed by atoms with Crippen molar-refractivity contribution >= 4 is 34.2 Å². The molecule has 1 aromatic carbocycles. The number of likely N-dealkylation sites (tertiary alicyclic amines) is 1. The Labute approximate surface area is 235 Å². The molecule has 3 aromatic heterocycles. The van der Waals surface area contributed by atoms with E-state index in [1.807, 2.05) is 42.5 Å². The zero-order valence-electron chi connectivity index (χ0n) is 21.8. The van der Waals surface area contributed by atoms with Gasteiger partial charge in [0.1, 0.15) is 16.5 Å². The topological polar surface area (TPSA) is 142 Å². The highest BCUT2D eigenvalue weighted by molar-refractivity contribution is 7.18. The number of rotatable bonds is 8. The fourth-order valence-corrected chi connectivity index (χ4v) is 5.62. The average molecular weight is 563 g/mol. The zero-order chi connectivity index (χ0) is 27.3. The molecule has 5 heterocycles. The highest BCUT2D eigenvalue weighted by atomic mass is 32.1. The number of piperidine rings is 1. The quantitative estimate of drug-likeness (QED) is 0.281. The molecule has 12 nitrogen and oxygen atoms in total. The zero-order valence-corrected chi connectivity index (χ0v) is 22.6. The van der Waals surface area contributed by atoms with Crippen LogP contribution in [0, 0.1) is 0 Å². The number of aromatic nitrogens is 4. The van der Waals surface area contributed by atoms with E-state index in [4.69, 9.17) is 14.1 Å². The summed E-state index contributed by atoms with van der Waals surface area (Å²) in [6.45, 7) is 4.93. The van der Waals surface area contributed by atoms with Crippen LogP contribution >= 0.6 is 11.3 Å². The molecule has 13 heteroatoms. The Bertz CT molecular complexity index is 1440. The van der Waals surface area contributed by atoms with Crippen LogP contribution in [-0.4, -0.2) is 86.6 Å². The number of anilines is 3. The van der Waals surface area contributed by atoms with E-state index in [9.17, 15) is 9.90 Å². The van der Waals surface area contributed by atoms with Crippen LogP contribution in [-0.2, 0) is 11.3 Å². The number of nitrogens with zero attached hydrogens (tertiary/aromatic N) is 6. The monoisotopic (exact) mass is 562 g/mol. The fraction of sp³-hybridized carbons (Fsp3) is 0.370. The minimum absolute atomic E-state index is 0.00774. The van der Waals surface area contributed by atoms with Gasteiger partial charge in [-0.1, -0.05) is 29.5 Å². The number of ether oxygens (including phenoxy) is 1. The summed E-state index contributed by atoms with van der Waals surface area (Å²) in [5, 5.41) is 25.3. The Balaban J connectivity index is 1.20. The molecule has 0 bridgehead atoms. The molecule has 3 N–H and O–H groups in total. The van der Waals surface area contributed by atoms with E-state index in [0.29, 0.717) is 41.6 Å².